The maximum absolute atomic E-state index is 12.2. The van der Waals surface area contributed by atoms with Crippen LogP contribution in [0.5, 0.6) is 11.5 Å². The van der Waals surface area contributed by atoms with Crippen LogP contribution in [0, 0.1) is 17.0 Å². The van der Waals surface area contributed by atoms with Gasteiger partial charge < -0.3 is 14.2 Å². The maximum Gasteiger partial charge on any atom is 0.363 e. The summed E-state index contributed by atoms with van der Waals surface area (Å²) in [5.74, 6) is 0.549. The Morgan fingerprint density at radius 3 is 2.70 bits per heavy atom. The van der Waals surface area contributed by atoms with E-state index < -0.39 is 10.9 Å². The first-order valence-electron chi connectivity index (χ1n) is 7.79. The molecule has 136 valence electrons. The highest BCUT2D eigenvalue weighted by Crippen LogP contribution is 2.38. The van der Waals surface area contributed by atoms with Gasteiger partial charge in [0.05, 0.1) is 4.92 Å². The summed E-state index contributed by atoms with van der Waals surface area (Å²) in [6, 6.07) is 7.99. The average molecular weight is 431 g/mol. The summed E-state index contributed by atoms with van der Waals surface area (Å²) in [5.41, 5.74) is 1.53. The van der Waals surface area contributed by atoms with E-state index in [1.54, 1.807) is 37.3 Å². The number of esters is 1. The SMILES string of the molecule is Cc1ccc(C2=NC(=Cc3cc4c(cc3Br)OCO4)C(=O)O2)cc1[N+](=O)[O-]. The number of carbonyl (C=O) groups is 1. The van der Waals surface area contributed by atoms with Crippen LogP contribution in [0.15, 0.2) is 45.5 Å². The highest BCUT2D eigenvalue weighted by atomic mass is 79.9. The smallest absolute Gasteiger partial charge is 0.363 e. The number of benzene rings is 2. The Kier molecular flexibility index (Phi) is 4.15. The van der Waals surface area contributed by atoms with Gasteiger partial charge in [-0.15, -0.1) is 0 Å². The third-order valence-corrected chi connectivity index (χ3v) is 4.74. The fourth-order valence-corrected chi connectivity index (χ4v) is 3.10. The molecular weight excluding hydrogens is 420 g/mol. The van der Waals surface area contributed by atoms with Crippen LogP contribution in [0.2, 0.25) is 0 Å². The molecule has 0 bridgehead atoms. The van der Waals surface area contributed by atoms with Gasteiger partial charge in [0.2, 0.25) is 12.7 Å². The maximum atomic E-state index is 12.2. The fraction of sp³-hybridized carbons (Fsp3) is 0.111. The predicted octanol–water partition coefficient (Wildman–Crippen LogP) is 3.74. The lowest BCUT2D eigenvalue weighted by Crippen LogP contribution is -2.06. The van der Waals surface area contributed by atoms with Gasteiger partial charge in [-0.05, 0) is 36.8 Å². The quantitative estimate of drug-likeness (QED) is 0.318. The highest BCUT2D eigenvalue weighted by Gasteiger charge is 2.26. The molecule has 4 rings (SSSR count). The van der Waals surface area contributed by atoms with Crippen LogP contribution in [0.25, 0.3) is 6.08 Å². The number of hydrogen-bond donors (Lipinski definition) is 0. The molecule has 8 nitrogen and oxygen atoms in total. The third-order valence-electron chi connectivity index (χ3n) is 4.06. The van der Waals surface area contributed by atoms with Gasteiger partial charge in [0.25, 0.3) is 5.69 Å². The lowest BCUT2D eigenvalue weighted by atomic mass is 10.1. The van der Waals surface area contributed by atoms with Crippen molar-refractivity contribution in [3.05, 3.63) is 67.3 Å². The van der Waals surface area contributed by atoms with Crippen molar-refractivity contribution >= 4 is 39.6 Å². The third kappa shape index (κ3) is 3.17. The van der Waals surface area contributed by atoms with Gasteiger partial charge in [0.1, 0.15) is 0 Å². The van der Waals surface area contributed by atoms with Crippen LogP contribution >= 0.6 is 15.9 Å². The normalized spacial score (nSPS) is 16.4. The Hall–Kier alpha value is -3.20. The van der Waals surface area contributed by atoms with E-state index >= 15 is 0 Å². The Morgan fingerprint density at radius 1 is 1.22 bits per heavy atom. The number of carbonyl (C=O) groups excluding carboxylic acids is 1. The monoisotopic (exact) mass is 430 g/mol. The minimum Gasteiger partial charge on any atom is -0.454 e. The first kappa shape index (κ1) is 17.2. The van der Waals surface area contributed by atoms with Crippen LogP contribution in [-0.2, 0) is 9.53 Å². The zero-order valence-electron chi connectivity index (χ0n) is 13.9. The summed E-state index contributed by atoms with van der Waals surface area (Å²) >= 11 is 3.41. The van der Waals surface area contributed by atoms with E-state index in [0.717, 1.165) is 0 Å². The van der Waals surface area contributed by atoms with Crippen molar-refractivity contribution in [1.29, 1.82) is 0 Å². The topological polar surface area (TPSA) is 100 Å². The van der Waals surface area contributed by atoms with Crippen molar-refractivity contribution < 1.29 is 23.9 Å². The molecule has 0 unspecified atom stereocenters. The lowest BCUT2D eigenvalue weighted by Gasteiger charge is -2.02. The Balaban J connectivity index is 1.71. The van der Waals surface area contributed by atoms with Crippen molar-refractivity contribution in [2.45, 2.75) is 6.92 Å². The molecule has 9 heteroatoms. The molecule has 0 aliphatic carbocycles. The molecule has 2 aromatic rings. The van der Waals surface area contributed by atoms with Gasteiger partial charge in [-0.3, -0.25) is 10.1 Å². The van der Waals surface area contributed by atoms with Gasteiger partial charge in [-0.1, -0.05) is 22.0 Å². The minimum absolute atomic E-state index is 0.0196. The Morgan fingerprint density at radius 2 is 1.96 bits per heavy atom. The number of halogens is 1. The number of nitro groups is 1. The number of rotatable bonds is 3. The molecule has 0 aromatic heterocycles. The van der Waals surface area contributed by atoms with Crippen molar-refractivity contribution in [1.82, 2.24) is 0 Å². The molecule has 0 radical (unpaired) electrons. The first-order chi connectivity index (χ1) is 12.9. The largest absolute Gasteiger partial charge is 0.454 e. The number of fused-ring (bicyclic) bond motifs is 1. The zero-order chi connectivity index (χ0) is 19.1. The van der Waals surface area contributed by atoms with Gasteiger partial charge in [0, 0.05) is 21.7 Å². The number of aryl methyl sites for hydroxylation is 1. The van der Waals surface area contributed by atoms with Crippen molar-refractivity contribution in [2.24, 2.45) is 4.99 Å². The van der Waals surface area contributed by atoms with E-state index in [0.29, 0.717) is 32.7 Å². The van der Waals surface area contributed by atoms with Gasteiger partial charge in [-0.25, -0.2) is 9.79 Å². The van der Waals surface area contributed by atoms with Crippen molar-refractivity contribution in [3.8, 4) is 11.5 Å². The summed E-state index contributed by atoms with van der Waals surface area (Å²) in [6.07, 6.45) is 1.55. The van der Waals surface area contributed by atoms with Gasteiger partial charge in [-0.2, -0.15) is 0 Å². The van der Waals surface area contributed by atoms with E-state index in [-0.39, 0.29) is 24.1 Å². The molecule has 2 aliphatic rings. The van der Waals surface area contributed by atoms with E-state index in [1.165, 1.54) is 6.07 Å². The summed E-state index contributed by atoms with van der Waals surface area (Å²) in [7, 11) is 0. The van der Waals surface area contributed by atoms with E-state index in [2.05, 4.69) is 20.9 Å². The number of nitrogens with zero attached hydrogens (tertiary/aromatic N) is 2. The van der Waals surface area contributed by atoms with Gasteiger partial charge in [0.15, 0.2) is 17.2 Å². The second-order valence-corrected chi connectivity index (χ2v) is 6.68. The first-order valence-corrected chi connectivity index (χ1v) is 8.59. The van der Waals surface area contributed by atoms with Gasteiger partial charge >= 0.3 is 5.97 Å². The van der Waals surface area contributed by atoms with Crippen LogP contribution in [0.3, 0.4) is 0 Å². The molecule has 2 heterocycles. The fourth-order valence-electron chi connectivity index (χ4n) is 2.66. The van der Waals surface area contributed by atoms with Crippen LogP contribution in [0.1, 0.15) is 16.7 Å². The second-order valence-electron chi connectivity index (χ2n) is 5.82. The molecule has 0 saturated heterocycles. The lowest BCUT2D eigenvalue weighted by molar-refractivity contribution is -0.385. The second kappa shape index (κ2) is 6.51. The molecule has 0 spiro atoms. The Labute approximate surface area is 161 Å². The number of nitro benzene ring substituents is 1. The molecule has 0 amide bonds. The molecular formula is C18H11BrN2O6. The number of aliphatic imine (C=N–C) groups is 1. The van der Waals surface area contributed by atoms with E-state index in [4.69, 9.17) is 14.2 Å². The number of cyclic esters (lactones) is 1. The van der Waals surface area contributed by atoms with E-state index in [1.807, 2.05) is 0 Å². The standard InChI is InChI=1S/C18H11BrN2O6/c1-9-2-3-10(5-14(9)21(23)24)17-20-13(18(22)27-17)4-11-6-15-16(7-12(11)19)26-8-25-15/h2-7H,8H2,1H3. The molecule has 2 aliphatic heterocycles. The van der Waals surface area contributed by atoms with E-state index in [9.17, 15) is 14.9 Å². The van der Waals surface area contributed by atoms with Crippen LogP contribution in [-0.4, -0.2) is 23.6 Å². The average Bonchev–Trinajstić information content (AvgIpc) is 3.22. The summed E-state index contributed by atoms with van der Waals surface area (Å²) in [6.45, 7) is 1.77. The van der Waals surface area contributed by atoms with Crippen LogP contribution in [0.4, 0.5) is 5.69 Å². The minimum atomic E-state index is -0.641. The van der Waals surface area contributed by atoms with Crippen molar-refractivity contribution in [2.75, 3.05) is 6.79 Å². The highest BCUT2D eigenvalue weighted by molar-refractivity contribution is 9.10. The van der Waals surface area contributed by atoms with Crippen molar-refractivity contribution in [3.63, 3.8) is 0 Å². The number of ether oxygens (including phenoxy) is 3. The molecule has 0 fully saturated rings. The Bertz CT molecular complexity index is 1060. The summed E-state index contributed by atoms with van der Waals surface area (Å²) in [5, 5.41) is 11.1. The molecule has 0 atom stereocenters. The molecule has 27 heavy (non-hydrogen) atoms. The molecule has 2 aromatic carbocycles. The summed E-state index contributed by atoms with van der Waals surface area (Å²) < 4.78 is 16.5. The zero-order valence-corrected chi connectivity index (χ0v) is 15.5. The van der Waals surface area contributed by atoms with Crippen LogP contribution < -0.4 is 9.47 Å². The summed E-state index contributed by atoms with van der Waals surface area (Å²) in [4.78, 5) is 27.0. The molecule has 0 N–H and O–H groups in total. The predicted molar refractivity (Wildman–Crippen MR) is 98.7 cm³/mol. The number of hydrogen-bond acceptors (Lipinski definition) is 7. The molecule has 0 saturated carbocycles.